The van der Waals surface area contributed by atoms with E-state index in [0.717, 1.165) is 23.4 Å². The van der Waals surface area contributed by atoms with Gasteiger partial charge in [0, 0.05) is 0 Å². The summed E-state index contributed by atoms with van der Waals surface area (Å²) < 4.78 is 1.87. The molecule has 0 N–H and O–H groups in total. The van der Waals surface area contributed by atoms with E-state index in [1.165, 1.54) is 5.56 Å². The molecule has 0 bridgehead atoms. The molecule has 1 heterocycles. The van der Waals surface area contributed by atoms with E-state index in [1.807, 2.05) is 36.7 Å². The quantitative estimate of drug-likeness (QED) is 0.773. The number of aromatic nitrogens is 2. The van der Waals surface area contributed by atoms with E-state index >= 15 is 0 Å². The third kappa shape index (κ3) is 1.96. The van der Waals surface area contributed by atoms with Gasteiger partial charge in [-0.1, -0.05) is 32.0 Å². The molecular formula is C15H18N2O. The van der Waals surface area contributed by atoms with E-state index in [9.17, 15) is 4.79 Å². The summed E-state index contributed by atoms with van der Waals surface area (Å²) in [6, 6.07) is 8.18. The zero-order valence-electron chi connectivity index (χ0n) is 11.3. The predicted molar refractivity (Wildman–Crippen MR) is 72.5 cm³/mol. The lowest BCUT2D eigenvalue weighted by molar-refractivity contribution is 0.112. The van der Waals surface area contributed by atoms with Crippen LogP contribution in [0.2, 0.25) is 0 Å². The first kappa shape index (κ1) is 12.6. The van der Waals surface area contributed by atoms with Crippen molar-refractivity contribution < 1.29 is 4.79 Å². The van der Waals surface area contributed by atoms with Gasteiger partial charge in [-0.25, -0.2) is 4.68 Å². The Kier molecular flexibility index (Phi) is 3.32. The maximum Gasteiger partial charge on any atom is 0.153 e. The molecule has 3 nitrogen and oxygen atoms in total. The van der Waals surface area contributed by atoms with Gasteiger partial charge >= 0.3 is 0 Å². The molecule has 0 saturated carbocycles. The Morgan fingerprint density at radius 3 is 2.44 bits per heavy atom. The van der Waals surface area contributed by atoms with Crippen molar-refractivity contribution in [3.63, 3.8) is 0 Å². The first-order valence-electron chi connectivity index (χ1n) is 6.17. The molecule has 0 atom stereocenters. The number of carbonyl (C=O) groups excluding carboxylic acids is 1. The minimum Gasteiger partial charge on any atom is -0.298 e. The standard InChI is InChI=1S/C15H18N2O/c1-10(2)13-7-5-6-8-15(13)17-12(4)14(9-18)11(3)16-17/h5-10H,1-4H3. The molecule has 0 aliphatic heterocycles. The fraction of sp³-hybridized carbons (Fsp3) is 0.333. The molecule has 1 aromatic heterocycles. The normalized spacial score (nSPS) is 10.9. The molecule has 0 fully saturated rings. The van der Waals surface area contributed by atoms with Gasteiger partial charge in [-0.05, 0) is 31.4 Å². The van der Waals surface area contributed by atoms with Crippen LogP contribution < -0.4 is 0 Å². The molecule has 94 valence electrons. The van der Waals surface area contributed by atoms with Crippen LogP contribution in [0.1, 0.15) is 47.1 Å². The molecule has 2 rings (SSSR count). The molecule has 0 amide bonds. The highest BCUT2D eigenvalue weighted by Crippen LogP contribution is 2.24. The summed E-state index contributed by atoms with van der Waals surface area (Å²) in [6.07, 6.45) is 0.881. The van der Waals surface area contributed by atoms with Crippen LogP contribution in [0.3, 0.4) is 0 Å². The average molecular weight is 242 g/mol. The summed E-state index contributed by atoms with van der Waals surface area (Å²) in [6.45, 7) is 8.11. The molecule has 2 aromatic rings. The van der Waals surface area contributed by atoms with E-state index in [1.54, 1.807) is 0 Å². The number of benzene rings is 1. The number of aryl methyl sites for hydroxylation is 1. The second-order valence-corrected chi connectivity index (χ2v) is 4.83. The summed E-state index contributed by atoms with van der Waals surface area (Å²) in [7, 11) is 0. The largest absolute Gasteiger partial charge is 0.298 e. The lowest BCUT2D eigenvalue weighted by atomic mass is 10.0. The molecule has 3 heteroatoms. The summed E-state index contributed by atoms with van der Waals surface area (Å²) in [5, 5.41) is 4.48. The maximum atomic E-state index is 11.1. The minimum atomic E-state index is 0.421. The molecule has 0 aliphatic carbocycles. The van der Waals surface area contributed by atoms with E-state index in [2.05, 4.69) is 25.0 Å². The lowest BCUT2D eigenvalue weighted by Gasteiger charge is -2.13. The topological polar surface area (TPSA) is 34.9 Å². The van der Waals surface area contributed by atoms with Crippen LogP contribution in [0.4, 0.5) is 0 Å². The third-order valence-electron chi connectivity index (χ3n) is 3.25. The van der Waals surface area contributed by atoms with Crippen molar-refractivity contribution in [2.45, 2.75) is 33.6 Å². The summed E-state index contributed by atoms with van der Waals surface area (Å²) in [4.78, 5) is 11.1. The van der Waals surface area contributed by atoms with E-state index < -0.39 is 0 Å². The number of hydrogen-bond acceptors (Lipinski definition) is 2. The van der Waals surface area contributed by atoms with Gasteiger partial charge < -0.3 is 0 Å². The molecule has 0 aliphatic rings. The van der Waals surface area contributed by atoms with Gasteiger partial charge in [-0.2, -0.15) is 5.10 Å². The Hall–Kier alpha value is -1.90. The zero-order valence-corrected chi connectivity index (χ0v) is 11.3. The monoisotopic (exact) mass is 242 g/mol. The van der Waals surface area contributed by atoms with Crippen molar-refractivity contribution in [3.8, 4) is 5.69 Å². The smallest absolute Gasteiger partial charge is 0.153 e. The first-order valence-corrected chi connectivity index (χ1v) is 6.17. The Balaban J connectivity index is 2.66. The Labute approximate surface area is 107 Å². The van der Waals surface area contributed by atoms with E-state index in [-0.39, 0.29) is 0 Å². The number of hydrogen-bond donors (Lipinski definition) is 0. The third-order valence-corrected chi connectivity index (χ3v) is 3.25. The van der Waals surface area contributed by atoms with Gasteiger partial charge in [-0.15, -0.1) is 0 Å². The van der Waals surface area contributed by atoms with Gasteiger partial charge in [0.1, 0.15) is 0 Å². The SMILES string of the molecule is Cc1nn(-c2ccccc2C(C)C)c(C)c1C=O. The number of para-hydroxylation sites is 1. The van der Waals surface area contributed by atoms with Gasteiger partial charge in [0.05, 0.1) is 22.6 Å². The molecule has 18 heavy (non-hydrogen) atoms. The molecular weight excluding hydrogens is 224 g/mol. The summed E-state index contributed by atoms with van der Waals surface area (Å²) >= 11 is 0. The Bertz CT molecular complexity index is 582. The maximum absolute atomic E-state index is 11.1. The fourth-order valence-electron chi connectivity index (χ4n) is 2.23. The Morgan fingerprint density at radius 2 is 1.89 bits per heavy atom. The minimum absolute atomic E-state index is 0.421. The second-order valence-electron chi connectivity index (χ2n) is 4.83. The number of nitrogens with zero attached hydrogens (tertiary/aromatic N) is 2. The first-order chi connectivity index (χ1) is 8.56. The van der Waals surface area contributed by atoms with Crippen LogP contribution in [0, 0.1) is 13.8 Å². The highest BCUT2D eigenvalue weighted by atomic mass is 16.1. The highest BCUT2D eigenvalue weighted by molar-refractivity contribution is 5.78. The fourth-order valence-corrected chi connectivity index (χ4v) is 2.23. The number of aldehydes is 1. The van der Waals surface area contributed by atoms with Crippen LogP contribution in [-0.4, -0.2) is 16.1 Å². The van der Waals surface area contributed by atoms with Crippen LogP contribution in [0.25, 0.3) is 5.69 Å². The van der Waals surface area contributed by atoms with Crippen LogP contribution in [0.5, 0.6) is 0 Å². The average Bonchev–Trinajstić information content (AvgIpc) is 2.64. The second kappa shape index (κ2) is 4.77. The van der Waals surface area contributed by atoms with E-state index in [4.69, 9.17) is 0 Å². The van der Waals surface area contributed by atoms with Crippen molar-refractivity contribution in [3.05, 3.63) is 46.8 Å². The lowest BCUT2D eigenvalue weighted by Crippen LogP contribution is -2.04. The molecule has 0 spiro atoms. The summed E-state index contributed by atoms with van der Waals surface area (Å²) in [5.41, 5.74) is 4.66. The van der Waals surface area contributed by atoms with Crippen molar-refractivity contribution in [1.29, 1.82) is 0 Å². The van der Waals surface area contributed by atoms with Gasteiger partial charge in [-0.3, -0.25) is 4.79 Å². The summed E-state index contributed by atoms with van der Waals surface area (Å²) in [5.74, 6) is 0.421. The molecule has 0 unspecified atom stereocenters. The molecule has 1 aromatic carbocycles. The van der Waals surface area contributed by atoms with Crippen molar-refractivity contribution in [1.82, 2.24) is 9.78 Å². The van der Waals surface area contributed by atoms with Gasteiger partial charge in [0.2, 0.25) is 0 Å². The van der Waals surface area contributed by atoms with Gasteiger partial charge in [0.25, 0.3) is 0 Å². The van der Waals surface area contributed by atoms with Crippen LogP contribution in [-0.2, 0) is 0 Å². The predicted octanol–water partition coefficient (Wildman–Crippen LogP) is 3.43. The number of rotatable bonds is 3. The van der Waals surface area contributed by atoms with Crippen molar-refractivity contribution in [2.24, 2.45) is 0 Å². The number of carbonyl (C=O) groups is 1. The van der Waals surface area contributed by atoms with Crippen molar-refractivity contribution in [2.75, 3.05) is 0 Å². The molecule has 0 saturated heterocycles. The zero-order chi connectivity index (χ0) is 13.3. The molecule has 0 radical (unpaired) electrons. The van der Waals surface area contributed by atoms with Crippen LogP contribution >= 0.6 is 0 Å². The Morgan fingerprint density at radius 1 is 1.22 bits per heavy atom. The van der Waals surface area contributed by atoms with Crippen molar-refractivity contribution >= 4 is 6.29 Å². The van der Waals surface area contributed by atoms with Crippen LogP contribution in [0.15, 0.2) is 24.3 Å². The van der Waals surface area contributed by atoms with E-state index in [0.29, 0.717) is 11.5 Å². The highest BCUT2D eigenvalue weighted by Gasteiger charge is 2.15. The van der Waals surface area contributed by atoms with Gasteiger partial charge in [0.15, 0.2) is 6.29 Å².